The number of carbonyl (C=O) groups is 3. The summed E-state index contributed by atoms with van der Waals surface area (Å²) in [7, 11) is 2.97. The van der Waals surface area contributed by atoms with Crippen LogP contribution < -0.4 is 24.4 Å². The van der Waals surface area contributed by atoms with Gasteiger partial charge >= 0.3 is 0 Å². The first-order chi connectivity index (χ1) is 13.9. The van der Waals surface area contributed by atoms with Crippen LogP contribution >= 0.6 is 0 Å². The van der Waals surface area contributed by atoms with E-state index in [1.807, 2.05) is 0 Å². The molecule has 8 nitrogen and oxygen atoms in total. The predicted molar refractivity (Wildman–Crippen MR) is 106 cm³/mol. The third-order valence-electron chi connectivity index (χ3n) is 4.53. The number of anilines is 1. The van der Waals surface area contributed by atoms with Crippen LogP contribution in [0.3, 0.4) is 0 Å². The van der Waals surface area contributed by atoms with Gasteiger partial charge in [0.15, 0.2) is 30.0 Å². The lowest BCUT2D eigenvalue weighted by Crippen LogP contribution is -2.51. The Morgan fingerprint density at radius 3 is 2.62 bits per heavy atom. The molecule has 0 spiro atoms. The van der Waals surface area contributed by atoms with Crippen molar-refractivity contribution in [2.75, 3.05) is 32.2 Å². The first-order valence-electron chi connectivity index (χ1n) is 9.04. The zero-order valence-corrected chi connectivity index (χ0v) is 16.4. The maximum absolute atomic E-state index is 12.9. The van der Waals surface area contributed by atoms with Crippen molar-refractivity contribution in [3.05, 3.63) is 48.0 Å². The highest BCUT2D eigenvalue weighted by atomic mass is 16.5. The summed E-state index contributed by atoms with van der Waals surface area (Å²) in [5.74, 6) is 0.388. The number of Topliss-reactive ketones (excluding diaryl/α,β-unsaturated/α-hetero) is 1. The molecule has 1 aliphatic heterocycles. The molecule has 2 aromatic carbocycles. The number of hydrogen-bond donors (Lipinski definition) is 1. The Bertz CT molecular complexity index is 943. The van der Waals surface area contributed by atoms with Gasteiger partial charge in [-0.25, -0.2) is 0 Å². The summed E-state index contributed by atoms with van der Waals surface area (Å²) in [6.07, 6.45) is -0.816. The summed E-state index contributed by atoms with van der Waals surface area (Å²) < 4.78 is 16.6. The zero-order chi connectivity index (χ0) is 21.0. The summed E-state index contributed by atoms with van der Waals surface area (Å²) in [5.41, 5.74) is 1.05. The Kier molecular flexibility index (Phi) is 6.01. The average Bonchev–Trinajstić information content (AvgIpc) is 2.75. The van der Waals surface area contributed by atoms with Crippen LogP contribution in [0.5, 0.6) is 17.2 Å². The zero-order valence-electron chi connectivity index (χ0n) is 16.4. The molecule has 0 saturated heterocycles. The van der Waals surface area contributed by atoms with E-state index >= 15 is 0 Å². The van der Waals surface area contributed by atoms with Gasteiger partial charge in [-0.05, 0) is 37.3 Å². The molecule has 2 amide bonds. The number of benzene rings is 2. The van der Waals surface area contributed by atoms with Gasteiger partial charge in [0.1, 0.15) is 5.75 Å². The monoisotopic (exact) mass is 398 g/mol. The van der Waals surface area contributed by atoms with Crippen molar-refractivity contribution in [3.8, 4) is 17.2 Å². The van der Waals surface area contributed by atoms with E-state index in [1.54, 1.807) is 42.5 Å². The highest BCUT2D eigenvalue weighted by molar-refractivity contribution is 5.98. The largest absolute Gasteiger partial charge is 0.493 e. The summed E-state index contributed by atoms with van der Waals surface area (Å²) in [5, 5.41) is 2.54. The molecule has 0 radical (unpaired) electrons. The van der Waals surface area contributed by atoms with E-state index in [9.17, 15) is 14.4 Å². The summed E-state index contributed by atoms with van der Waals surface area (Å²) in [6, 6.07) is 11.8. The predicted octanol–water partition coefficient (Wildman–Crippen LogP) is 1.82. The van der Waals surface area contributed by atoms with Gasteiger partial charge in [0.2, 0.25) is 0 Å². The van der Waals surface area contributed by atoms with Gasteiger partial charge in [0, 0.05) is 12.6 Å². The number of carbonyl (C=O) groups excluding carboxylic acids is 3. The second kappa shape index (κ2) is 8.64. The Hall–Kier alpha value is -3.55. The summed E-state index contributed by atoms with van der Waals surface area (Å²) >= 11 is 0. The van der Waals surface area contributed by atoms with Crippen molar-refractivity contribution >= 4 is 23.3 Å². The van der Waals surface area contributed by atoms with E-state index in [0.717, 1.165) is 0 Å². The van der Waals surface area contributed by atoms with E-state index < -0.39 is 6.10 Å². The van der Waals surface area contributed by atoms with Crippen molar-refractivity contribution in [1.29, 1.82) is 0 Å². The Morgan fingerprint density at radius 2 is 1.93 bits per heavy atom. The van der Waals surface area contributed by atoms with Gasteiger partial charge in [0.25, 0.3) is 11.8 Å². The highest BCUT2D eigenvalue weighted by Gasteiger charge is 2.33. The van der Waals surface area contributed by atoms with Crippen molar-refractivity contribution in [1.82, 2.24) is 5.32 Å². The van der Waals surface area contributed by atoms with Crippen LogP contribution in [-0.4, -0.2) is 51.0 Å². The Morgan fingerprint density at radius 1 is 1.17 bits per heavy atom. The maximum atomic E-state index is 12.9. The molecule has 8 heteroatoms. The number of nitrogens with zero attached hydrogens (tertiary/aromatic N) is 1. The molecule has 0 bridgehead atoms. The topological polar surface area (TPSA) is 94.2 Å². The third kappa shape index (κ3) is 4.31. The maximum Gasteiger partial charge on any atom is 0.265 e. The van der Waals surface area contributed by atoms with Crippen LogP contribution in [0.1, 0.15) is 17.3 Å². The SMILES string of the molecule is CNC(=O)C1CN(C(=O)COc2ccc(C(C)=O)cc2OC)c2ccccc2O1. The molecule has 0 aliphatic carbocycles. The van der Waals surface area contributed by atoms with Crippen LogP contribution in [-0.2, 0) is 9.59 Å². The van der Waals surface area contributed by atoms with Crippen molar-refractivity contribution in [2.24, 2.45) is 0 Å². The van der Waals surface area contributed by atoms with Crippen molar-refractivity contribution in [2.45, 2.75) is 13.0 Å². The molecule has 1 aliphatic rings. The van der Waals surface area contributed by atoms with Gasteiger partial charge in [-0.15, -0.1) is 0 Å². The molecule has 1 N–H and O–H groups in total. The number of ketones is 1. The molecule has 1 atom stereocenters. The lowest BCUT2D eigenvalue weighted by molar-refractivity contribution is -0.128. The third-order valence-corrected chi connectivity index (χ3v) is 4.53. The average molecular weight is 398 g/mol. The fraction of sp³-hybridized carbons (Fsp3) is 0.286. The molecule has 0 fully saturated rings. The van der Waals surface area contributed by atoms with Gasteiger partial charge < -0.3 is 24.4 Å². The van der Waals surface area contributed by atoms with Gasteiger partial charge in [-0.3, -0.25) is 14.4 Å². The molecular formula is C21H22N2O6. The Balaban J connectivity index is 1.78. The minimum atomic E-state index is -0.816. The number of ether oxygens (including phenoxy) is 3. The first kappa shape index (κ1) is 20.2. The second-order valence-electron chi connectivity index (χ2n) is 6.40. The fourth-order valence-corrected chi connectivity index (χ4v) is 2.99. The molecule has 1 unspecified atom stereocenters. The highest BCUT2D eigenvalue weighted by Crippen LogP contribution is 2.34. The van der Waals surface area contributed by atoms with Crippen LogP contribution in [0.4, 0.5) is 5.69 Å². The molecule has 1 heterocycles. The number of amides is 2. The van der Waals surface area contributed by atoms with Gasteiger partial charge in [-0.2, -0.15) is 0 Å². The lowest BCUT2D eigenvalue weighted by Gasteiger charge is -2.33. The quantitative estimate of drug-likeness (QED) is 0.746. The van der Waals surface area contributed by atoms with E-state index in [1.165, 1.54) is 26.0 Å². The van der Waals surface area contributed by atoms with Crippen molar-refractivity contribution in [3.63, 3.8) is 0 Å². The lowest BCUT2D eigenvalue weighted by atomic mass is 10.1. The van der Waals surface area contributed by atoms with Crippen LogP contribution in [0.2, 0.25) is 0 Å². The van der Waals surface area contributed by atoms with E-state index in [-0.39, 0.29) is 30.7 Å². The minimum Gasteiger partial charge on any atom is -0.493 e. The number of hydrogen-bond acceptors (Lipinski definition) is 6. The normalized spacial score (nSPS) is 15.0. The number of fused-ring (bicyclic) bond motifs is 1. The summed E-state index contributed by atoms with van der Waals surface area (Å²) in [4.78, 5) is 37.9. The van der Waals surface area contributed by atoms with Crippen LogP contribution in [0.25, 0.3) is 0 Å². The second-order valence-corrected chi connectivity index (χ2v) is 6.40. The molecule has 2 aromatic rings. The van der Waals surface area contributed by atoms with E-state index in [2.05, 4.69) is 5.32 Å². The molecule has 0 aromatic heterocycles. The smallest absolute Gasteiger partial charge is 0.265 e. The van der Waals surface area contributed by atoms with Gasteiger partial charge in [-0.1, -0.05) is 12.1 Å². The molecule has 29 heavy (non-hydrogen) atoms. The number of rotatable bonds is 6. The number of nitrogens with one attached hydrogen (secondary N) is 1. The fourth-order valence-electron chi connectivity index (χ4n) is 2.99. The van der Waals surface area contributed by atoms with Crippen LogP contribution in [0, 0.1) is 0 Å². The van der Waals surface area contributed by atoms with Crippen molar-refractivity contribution < 1.29 is 28.6 Å². The number of likely N-dealkylation sites (N-methyl/N-ethyl adjacent to an activating group) is 1. The first-order valence-corrected chi connectivity index (χ1v) is 9.04. The van der Waals surface area contributed by atoms with Crippen LogP contribution in [0.15, 0.2) is 42.5 Å². The van der Waals surface area contributed by atoms with E-state index in [4.69, 9.17) is 14.2 Å². The molecule has 152 valence electrons. The Labute approximate surface area is 168 Å². The number of methoxy groups -OCH3 is 1. The molecular weight excluding hydrogens is 376 g/mol. The minimum absolute atomic E-state index is 0.0687. The molecule has 3 rings (SSSR count). The van der Waals surface area contributed by atoms with E-state index in [0.29, 0.717) is 28.5 Å². The van der Waals surface area contributed by atoms with Gasteiger partial charge in [0.05, 0.1) is 19.3 Å². The number of para-hydroxylation sites is 2. The molecule has 0 saturated carbocycles. The summed E-state index contributed by atoms with van der Waals surface area (Å²) in [6.45, 7) is 1.25. The standard InChI is InChI=1S/C21H22N2O6/c1-13(24)14-8-9-17(18(10-14)27-3)28-12-20(25)23-11-19(21(26)22-2)29-16-7-5-4-6-15(16)23/h4-10,19H,11-12H2,1-3H3,(H,22,26).